The summed E-state index contributed by atoms with van der Waals surface area (Å²) in [5.41, 5.74) is 0. The molecule has 0 N–H and O–H groups in total. The third kappa shape index (κ3) is 6.51. The monoisotopic (exact) mass is 187 g/mol. The van der Waals surface area contributed by atoms with Gasteiger partial charge in [-0.2, -0.15) is 17.0 Å². The Kier molecular flexibility index (Phi) is 8.74. The summed E-state index contributed by atoms with van der Waals surface area (Å²) in [5, 5.41) is 9.00. The SMILES string of the molecule is CCC(CC#N)SCCCOC. The number of rotatable bonds is 7. The zero-order chi connectivity index (χ0) is 9.23. The molecule has 0 aromatic rings. The van der Waals surface area contributed by atoms with Crippen molar-refractivity contribution in [2.24, 2.45) is 0 Å². The van der Waals surface area contributed by atoms with Crippen molar-refractivity contribution in [2.45, 2.75) is 31.4 Å². The normalized spacial score (nSPS) is 12.4. The molecule has 2 nitrogen and oxygen atoms in total. The zero-order valence-corrected chi connectivity index (χ0v) is 8.69. The Bertz CT molecular complexity index is 133. The van der Waals surface area contributed by atoms with E-state index in [0.29, 0.717) is 11.7 Å². The van der Waals surface area contributed by atoms with Crippen LogP contribution in [0.15, 0.2) is 0 Å². The molecule has 3 heteroatoms. The fourth-order valence-corrected chi connectivity index (χ4v) is 1.92. The van der Waals surface area contributed by atoms with Crippen LogP contribution in [-0.4, -0.2) is 24.7 Å². The van der Waals surface area contributed by atoms with Gasteiger partial charge in [0.25, 0.3) is 0 Å². The van der Waals surface area contributed by atoms with Gasteiger partial charge in [0.2, 0.25) is 0 Å². The van der Waals surface area contributed by atoms with E-state index < -0.39 is 0 Å². The lowest BCUT2D eigenvalue weighted by atomic mass is 10.3. The second-order valence-corrected chi connectivity index (χ2v) is 4.02. The van der Waals surface area contributed by atoms with Gasteiger partial charge in [0, 0.05) is 25.4 Å². The van der Waals surface area contributed by atoms with Crippen LogP contribution in [0.5, 0.6) is 0 Å². The highest BCUT2D eigenvalue weighted by molar-refractivity contribution is 7.99. The van der Waals surface area contributed by atoms with Crippen LogP contribution < -0.4 is 0 Å². The van der Waals surface area contributed by atoms with Crippen molar-refractivity contribution < 1.29 is 4.74 Å². The Morgan fingerprint density at radius 1 is 1.58 bits per heavy atom. The van der Waals surface area contributed by atoms with E-state index in [1.54, 1.807) is 7.11 Å². The Morgan fingerprint density at radius 2 is 2.33 bits per heavy atom. The summed E-state index contributed by atoms with van der Waals surface area (Å²) >= 11 is 1.88. The van der Waals surface area contributed by atoms with E-state index >= 15 is 0 Å². The molecular weight excluding hydrogens is 170 g/mol. The lowest BCUT2D eigenvalue weighted by Gasteiger charge is -2.09. The van der Waals surface area contributed by atoms with Crippen LogP contribution in [0.1, 0.15) is 26.2 Å². The fourth-order valence-electron chi connectivity index (χ4n) is 0.876. The van der Waals surface area contributed by atoms with Gasteiger partial charge in [-0.3, -0.25) is 0 Å². The molecule has 0 aliphatic heterocycles. The highest BCUT2D eigenvalue weighted by Crippen LogP contribution is 2.18. The third-order valence-corrected chi connectivity index (χ3v) is 3.12. The first kappa shape index (κ1) is 11.8. The molecule has 0 aromatic carbocycles. The molecule has 0 spiro atoms. The van der Waals surface area contributed by atoms with Crippen LogP contribution in [0.4, 0.5) is 0 Å². The first-order chi connectivity index (χ1) is 5.85. The van der Waals surface area contributed by atoms with Crippen molar-refractivity contribution in [3.63, 3.8) is 0 Å². The van der Waals surface area contributed by atoms with Gasteiger partial charge in [-0.05, 0) is 18.6 Å². The maximum atomic E-state index is 8.48. The first-order valence-electron chi connectivity index (χ1n) is 4.32. The second-order valence-electron chi connectivity index (χ2n) is 2.61. The van der Waals surface area contributed by atoms with Gasteiger partial charge in [-0.15, -0.1) is 0 Å². The zero-order valence-electron chi connectivity index (χ0n) is 7.88. The third-order valence-electron chi connectivity index (χ3n) is 1.62. The van der Waals surface area contributed by atoms with Crippen molar-refractivity contribution in [2.75, 3.05) is 19.5 Å². The molecule has 12 heavy (non-hydrogen) atoms. The van der Waals surface area contributed by atoms with E-state index in [9.17, 15) is 0 Å². The van der Waals surface area contributed by atoms with E-state index in [0.717, 1.165) is 25.2 Å². The molecular formula is C9H17NOS. The van der Waals surface area contributed by atoms with Crippen molar-refractivity contribution in [3.8, 4) is 6.07 Å². The van der Waals surface area contributed by atoms with Crippen LogP contribution >= 0.6 is 11.8 Å². The van der Waals surface area contributed by atoms with Crippen molar-refractivity contribution in [3.05, 3.63) is 0 Å². The summed E-state index contributed by atoms with van der Waals surface area (Å²) in [6, 6.07) is 2.21. The molecule has 0 amide bonds. The van der Waals surface area contributed by atoms with E-state index in [1.807, 2.05) is 11.8 Å². The average molecular weight is 187 g/mol. The van der Waals surface area contributed by atoms with Crippen LogP contribution in [0, 0.1) is 11.3 Å². The molecule has 0 rings (SSSR count). The quantitative estimate of drug-likeness (QED) is 0.574. The Balaban J connectivity index is 3.26. The van der Waals surface area contributed by atoms with Crippen molar-refractivity contribution >= 4 is 11.8 Å². The highest BCUT2D eigenvalue weighted by atomic mass is 32.2. The summed E-state index contributed by atoms with van der Waals surface area (Å²) in [6.45, 7) is 2.96. The molecule has 1 atom stereocenters. The molecule has 1 unspecified atom stereocenters. The summed E-state index contributed by atoms with van der Waals surface area (Å²) in [6.07, 6.45) is 2.85. The second kappa shape index (κ2) is 8.89. The predicted molar refractivity (Wildman–Crippen MR) is 53.3 cm³/mol. The summed E-state index contributed by atoms with van der Waals surface area (Å²) < 4.78 is 4.94. The Labute approximate surface area is 79.3 Å². The predicted octanol–water partition coefficient (Wildman–Crippen LogP) is 2.45. The lowest BCUT2D eigenvalue weighted by molar-refractivity contribution is 0.200. The molecule has 0 fully saturated rings. The maximum absolute atomic E-state index is 8.48. The lowest BCUT2D eigenvalue weighted by Crippen LogP contribution is -2.01. The molecule has 70 valence electrons. The van der Waals surface area contributed by atoms with Gasteiger partial charge < -0.3 is 4.74 Å². The van der Waals surface area contributed by atoms with Crippen molar-refractivity contribution in [1.29, 1.82) is 5.26 Å². The van der Waals surface area contributed by atoms with Crippen LogP contribution in [-0.2, 0) is 4.74 Å². The van der Waals surface area contributed by atoms with Gasteiger partial charge >= 0.3 is 0 Å². The molecule has 0 radical (unpaired) electrons. The molecule has 0 aliphatic carbocycles. The standard InChI is InChI=1S/C9H17NOS/c1-3-9(5-6-10)12-8-4-7-11-2/h9H,3-5,7-8H2,1-2H3. The smallest absolute Gasteiger partial charge is 0.0633 e. The topological polar surface area (TPSA) is 33.0 Å². The van der Waals surface area contributed by atoms with Gasteiger partial charge in [0.05, 0.1) is 6.07 Å². The Morgan fingerprint density at radius 3 is 2.83 bits per heavy atom. The molecule has 0 aromatic heterocycles. The summed E-state index contributed by atoms with van der Waals surface area (Å²) in [7, 11) is 1.72. The van der Waals surface area contributed by atoms with Gasteiger partial charge in [0.1, 0.15) is 0 Å². The minimum atomic E-state index is 0.520. The van der Waals surface area contributed by atoms with E-state index in [2.05, 4.69) is 13.0 Å². The molecule has 0 saturated carbocycles. The largest absolute Gasteiger partial charge is 0.385 e. The van der Waals surface area contributed by atoms with Gasteiger partial charge in [-0.1, -0.05) is 6.92 Å². The molecule has 0 saturated heterocycles. The number of hydrogen-bond donors (Lipinski definition) is 0. The van der Waals surface area contributed by atoms with Crippen LogP contribution in [0.25, 0.3) is 0 Å². The fraction of sp³-hybridized carbons (Fsp3) is 0.889. The number of thioether (sulfide) groups is 1. The molecule has 0 heterocycles. The number of hydrogen-bond acceptors (Lipinski definition) is 3. The van der Waals surface area contributed by atoms with E-state index in [-0.39, 0.29) is 0 Å². The van der Waals surface area contributed by atoms with Crippen LogP contribution in [0.3, 0.4) is 0 Å². The Hall–Kier alpha value is -0.200. The van der Waals surface area contributed by atoms with Crippen LogP contribution in [0.2, 0.25) is 0 Å². The number of methoxy groups -OCH3 is 1. The van der Waals surface area contributed by atoms with Crippen molar-refractivity contribution in [1.82, 2.24) is 0 Å². The van der Waals surface area contributed by atoms with Gasteiger partial charge in [0.15, 0.2) is 0 Å². The number of nitriles is 1. The minimum Gasteiger partial charge on any atom is -0.385 e. The average Bonchev–Trinajstić information content (AvgIpc) is 2.10. The van der Waals surface area contributed by atoms with E-state index in [1.165, 1.54) is 0 Å². The summed E-state index contributed by atoms with van der Waals surface area (Å²) in [5.74, 6) is 1.11. The first-order valence-corrected chi connectivity index (χ1v) is 5.37. The highest BCUT2D eigenvalue weighted by Gasteiger charge is 2.04. The number of nitrogens with zero attached hydrogens (tertiary/aromatic N) is 1. The summed E-state index contributed by atoms with van der Waals surface area (Å²) in [4.78, 5) is 0. The minimum absolute atomic E-state index is 0.520. The van der Waals surface area contributed by atoms with E-state index in [4.69, 9.17) is 10.00 Å². The molecule has 0 aliphatic rings. The van der Waals surface area contributed by atoms with Gasteiger partial charge in [-0.25, -0.2) is 0 Å². The number of ether oxygens (including phenoxy) is 1. The maximum Gasteiger partial charge on any atom is 0.0633 e. The molecule has 0 bridgehead atoms.